The summed E-state index contributed by atoms with van der Waals surface area (Å²) in [5.41, 5.74) is 3.38. The van der Waals surface area contributed by atoms with Gasteiger partial charge >= 0.3 is 5.97 Å². The molecule has 3 N–H and O–H groups in total. The van der Waals surface area contributed by atoms with Crippen LogP contribution in [0.5, 0.6) is 0 Å². The molecule has 1 saturated heterocycles. The molecule has 30 heavy (non-hydrogen) atoms. The van der Waals surface area contributed by atoms with Crippen molar-refractivity contribution in [2.24, 2.45) is 0 Å². The molecule has 1 aliphatic heterocycles. The second kappa shape index (κ2) is 8.96. The highest BCUT2D eigenvalue weighted by molar-refractivity contribution is 6.35. The summed E-state index contributed by atoms with van der Waals surface area (Å²) in [6, 6.07) is 10.3. The van der Waals surface area contributed by atoms with Crippen LogP contribution in [0.1, 0.15) is 22.7 Å². The molecule has 0 aliphatic carbocycles. The summed E-state index contributed by atoms with van der Waals surface area (Å²) in [5.74, 6) is -0.865. The second-order valence-electron chi connectivity index (χ2n) is 7.57. The smallest absolute Gasteiger partial charge is 0.325 e. The van der Waals surface area contributed by atoms with Gasteiger partial charge in [0.05, 0.1) is 6.61 Å². The van der Waals surface area contributed by atoms with Gasteiger partial charge in [0.2, 0.25) is 0 Å². The maximum absolute atomic E-state index is 12.2. The van der Waals surface area contributed by atoms with Gasteiger partial charge in [0.1, 0.15) is 6.04 Å². The van der Waals surface area contributed by atoms with Crippen molar-refractivity contribution in [1.82, 2.24) is 14.8 Å². The lowest BCUT2D eigenvalue weighted by Gasteiger charge is -2.37. The molecule has 1 aromatic heterocycles. The predicted molar refractivity (Wildman–Crippen MR) is 118 cm³/mol. The van der Waals surface area contributed by atoms with Crippen molar-refractivity contribution >= 4 is 40.1 Å². The first-order valence-corrected chi connectivity index (χ1v) is 10.6. The van der Waals surface area contributed by atoms with Crippen LogP contribution in [0.15, 0.2) is 42.6 Å². The molecular weight excluding hydrogens is 425 g/mol. The van der Waals surface area contributed by atoms with E-state index in [1.807, 2.05) is 35.2 Å². The minimum Gasteiger partial charge on any atom is -0.480 e. The number of halogens is 2. The van der Waals surface area contributed by atoms with Gasteiger partial charge in [-0.25, -0.2) is 0 Å². The van der Waals surface area contributed by atoms with Crippen molar-refractivity contribution in [1.29, 1.82) is 0 Å². The number of rotatable bonds is 6. The normalized spacial score (nSPS) is 16.8. The van der Waals surface area contributed by atoms with E-state index in [0.29, 0.717) is 29.7 Å². The Kier molecular flexibility index (Phi) is 6.32. The number of nitrogens with zero attached hydrogens (tertiary/aromatic N) is 2. The first-order valence-electron chi connectivity index (χ1n) is 9.80. The van der Waals surface area contributed by atoms with E-state index in [9.17, 15) is 15.0 Å². The van der Waals surface area contributed by atoms with E-state index in [4.69, 9.17) is 23.2 Å². The van der Waals surface area contributed by atoms with Crippen molar-refractivity contribution in [2.75, 3.05) is 26.2 Å². The fourth-order valence-corrected chi connectivity index (χ4v) is 4.55. The van der Waals surface area contributed by atoms with Gasteiger partial charge < -0.3 is 15.2 Å². The number of aromatic nitrogens is 1. The van der Waals surface area contributed by atoms with Crippen molar-refractivity contribution in [3.8, 4) is 0 Å². The summed E-state index contributed by atoms with van der Waals surface area (Å²) >= 11 is 12.3. The monoisotopic (exact) mass is 447 g/mol. The standard InChI is InChI=1S/C22H23Cl2N3O3/c23-16-3-2-15(19(24)10-16)12-26-5-7-27(8-6-26)21(22(29)30)18-11-25-20-9-14(13-28)1-4-17(18)20/h1-4,9-11,21,25,28H,5-8,12-13H2,(H,29,30)/t21-/m1/s1. The Morgan fingerprint density at radius 3 is 2.53 bits per heavy atom. The number of H-pyrrole nitrogens is 1. The maximum Gasteiger partial charge on any atom is 0.325 e. The lowest BCUT2D eigenvalue weighted by molar-refractivity contribution is -0.144. The van der Waals surface area contributed by atoms with E-state index in [1.54, 1.807) is 12.3 Å². The quantitative estimate of drug-likeness (QED) is 0.533. The molecule has 4 rings (SSSR count). The van der Waals surface area contributed by atoms with E-state index in [-0.39, 0.29) is 6.61 Å². The zero-order valence-corrected chi connectivity index (χ0v) is 17.8. The molecule has 1 fully saturated rings. The average Bonchev–Trinajstić information content (AvgIpc) is 3.14. The predicted octanol–water partition coefficient (Wildman–Crippen LogP) is 3.91. The van der Waals surface area contributed by atoms with Crippen LogP contribution in [0, 0.1) is 0 Å². The lowest BCUT2D eigenvalue weighted by Crippen LogP contribution is -2.48. The summed E-state index contributed by atoms with van der Waals surface area (Å²) in [6.07, 6.45) is 1.77. The van der Waals surface area contributed by atoms with Crippen LogP contribution in [-0.4, -0.2) is 57.1 Å². The summed E-state index contributed by atoms with van der Waals surface area (Å²) in [7, 11) is 0. The number of fused-ring (bicyclic) bond motifs is 1. The number of carboxylic acid groups (broad SMARTS) is 1. The highest BCUT2D eigenvalue weighted by Crippen LogP contribution is 2.31. The number of aromatic amines is 1. The number of aliphatic carboxylic acids is 1. The van der Waals surface area contributed by atoms with Gasteiger partial charge in [0.25, 0.3) is 0 Å². The van der Waals surface area contributed by atoms with E-state index in [0.717, 1.165) is 40.7 Å². The summed E-state index contributed by atoms with van der Waals surface area (Å²) in [4.78, 5) is 19.6. The number of carboxylic acids is 1. The zero-order chi connectivity index (χ0) is 21.3. The Hall–Kier alpha value is -2.09. The fourth-order valence-electron chi connectivity index (χ4n) is 4.08. The number of aliphatic hydroxyl groups is 1. The van der Waals surface area contributed by atoms with Crippen LogP contribution in [0.25, 0.3) is 10.9 Å². The lowest BCUT2D eigenvalue weighted by atomic mass is 10.0. The fraction of sp³-hybridized carbons (Fsp3) is 0.318. The molecule has 1 aliphatic rings. The molecule has 0 amide bonds. The van der Waals surface area contributed by atoms with Gasteiger partial charge in [-0.1, -0.05) is 41.4 Å². The highest BCUT2D eigenvalue weighted by Gasteiger charge is 2.32. The zero-order valence-electron chi connectivity index (χ0n) is 16.3. The van der Waals surface area contributed by atoms with E-state index in [1.165, 1.54) is 0 Å². The van der Waals surface area contributed by atoms with Crippen molar-refractivity contribution < 1.29 is 15.0 Å². The summed E-state index contributed by atoms with van der Waals surface area (Å²) < 4.78 is 0. The number of aliphatic hydroxyl groups excluding tert-OH is 1. The molecule has 2 aromatic carbocycles. The van der Waals surface area contributed by atoms with Gasteiger partial charge in [-0.2, -0.15) is 0 Å². The number of carbonyl (C=O) groups is 1. The molecule has 158 valence electrons. The average molecular weight is 448 g/mol. The number of hydrogen-bond acceptors (Lipinski definition) is 4. The van der Waals surface area contributed by atoms with Crippen molar-refractivity contribution in [2.45, 2.75) is 19.2 Å². The van der Waals surface area contributed by atoms with Crippen LogP contribution in [-0.2, 0) is 17.9 Å². The van der Waals surface area contributed by atoms with E-state index < -0.39 is 12.0 Å². The summed E-state index contributed by atoms with van der Waals surface area (Å²) in [6.45, 7) is 3.44. The van der Waals surface area contributed by atoms with Crippen molar-refractivity contribution in [3.63, 3.8) is 0 Å². The van der Waals surface area contributed by atoms with Gasteiger partial charge in [-0.05, 0) is 29.3 Å². The van der Waals surface area contributed by atoms with Crippen LogP contribution in [0.3, 0.4) is 0 Å². The Labute approximate surface area is 184 Å². The second-order valence-corrected chi connectivity index (χ2v) is 8.41. The number of benzene rings is 2. The number of hydrogen-bond donors (Lipinski definition) is 3. The minimum atomic E-state index is -0.865. The molecule has 0 spiro atoms. The largest absolute Gasteiger partial charge is 0.480 e. The first kappa shape index (κ1) is 21.2. The van der Waals surface area contributed by atoms with Gasteiger partial charge in [0, 0.05) is 65.4 Å². The molecule has 1 atom stereocenters. The van der Waals surface area contributed by atoms with Crippen LogP contribution in [0.4, 0.5) is 0 Å². The Morgan fingerprint density at radius 1 is 1.10 bits per heavy atom. The Morgan fingerprint density at radius 2 is 1.87 bits per heavy atom. The third-order valence-electron chi connectivity index (χ3n) is 5.67. The van der Waals surface area contributed by atoms with E-state index in [2.05, 4.69) is 9.88 Å². The Balaban J connectivity index is 1.48. The summed E-state index contributed by atoms with van der Waals surface area (Å²) in [5, 5.41) is 21.4. The van der Waals surface area contributed by atoms with E-state index >= 15 is 0 Å². The van der Waals surface area contributed by atoms with Gasteiger partial charge in [0.15, 0.2) is 0 Å². The topological polar surface area (TPSA) is 79.8 Å². The van der Waals surface area contributed by atoms with Crippen LogP contribution in [0.2, 0.25) is 10.0 Å². The van der Waals surface area contributed by atoms with Gasteiger partial charge in [-0.3, -0.25) is 14.6 Å². The molecule has 0 unspecified atom stereocenters. The molecule has 8 heteroatoms. The molecule has 2 heterocycles. The van der Waals surface area contributed by atoms with Crippen LogP contribution >= 0.6 is 23.2 Å². The molecule has 0 bridgehead atoms. The third-order valence-corrected chi connectivity index (χ3v) is 6.26. The number of nitrogens with one attached hydrogen (secondary N) is 1. The molecule has 0 saturated carbocycles. The first-order chi connectivity index (χ1) is 14.5. The molecule has 6 nitrogen and oxygen atoms in total. The van der Waals surface area contributed by atoms with Crippen LogP contribution < -0.4 is 0 Å². The number of piperazine rings is 1. The maximum atomic E-state index is 12.2. The molecular formula is C22H23Cl2N3O3. The molecule has 3 aromatic rings. The SMILES string of the molecule is O=C(O)[C@@H](c1c[nH]c2cc(CO)ccc12)N1CCN(Cc2ccc(Cl)cc2Cl)CC1. The van der Waals surface area contributed by atoms with Crippen molar-refractivity contribution in [3.05, 3.63) is 69.3 Å². The highest BCUT2D eigenvalue weighted by atomic mass is 35.5. The Bertz CT molecular complexity index is 1060. The third kappa shape index (κ3) is 4.33. The minimum absolute atomic E-state index is 0.0494. The molecule has 0 radical (unpaired) electrons. The van der Waals surface area contributed by atoms with Gasteiger partial charge in [-0.15, -0.1) is 0 Å².